The van der Waals surface area contributed by atoms with Gasteiger partial charge in [-0.25, -0.2) is 0 Å². The maximum absolute atomic E-state index is 12.6. The van der Waals surface area contributed by atoms with Crippen LogP contribution >= 0.6 is 11.3 Å². The zero-order valence-corrected chi connectivity index (χ0v) is 15.5. The van der Waals surface area contributed by atoms with Gasteiger partial charge in [0.25, 0.3) is 11.8 Å². The van der Waals surface area contributed by atoms with Crippen molar-refractivity contribution in [2.75, 3.05) is 5.32 Å². The van der Waals surface area contributed by atoms with Gasteiger partial charge in [-0.1, -0.05) is 24.6 Å². The van der Waals surface area contributed by atoms with Gasteiger partial charge in [-0.05, 0) is 43.4 Å². The molecule has 0 aliphatic heterocycles. The Bertz CT molecular complexity index is 993. The fourth-order valence-corrected chi connectivity index (χ4v) is 4.60. The average molecular weight is 381 g/mol. The summed E-state index contributed by atoms with van der Waals surface area (Å²) in [5.41, 5.74) is 7.99. The van der Waals surface area contributed by atoms with E-state index < -0.39 is 11.8 Å². The molecule has 0 fully saturated rings. The van der Waals surface area contributed by atoms with Crippen LogP contribution in [-0.2, 0) is 12.8 Å². The fraction of sp³-hybridized carbons (Fsp3) is 0.263. The third-order valence-electron chi connectivity index (χ3n) is 4.61. The van der Waals surface area contributed by atoms with E-state index in [1.54, 1.807) is 0 Å². The lowest BCUT2D eigenvalue weighted by Crippen LogP contribution is -2.18. The zero-order valence-electron chi connectivity index (χ0n) is 14.6. The predicted molar refractivity (Wildman–Crippen MR) is 103 cm³/mol. The van der Waals surface area contributed by atoms with E-state index in [2.05, 4.69) is 15.5 Å². The van der Waals surface area contributed by atoms with Crippen LogP contribution in [0.25, 0.3) is 5.69 Å². The van der Waals surface area contributed by atoms with E-state index in [-0.39, 0.29) is 5.69 Å². The SMILES string of the molecule is NC(=O)c1c(NC(=O)c2cnn(-c3ccccc3)n2)sc2c1CCCCC2. The largest absolute Gasteiger partial charge is 0.365 e. The molecular weight excluding hydrogens is 362 g/mol. The quantitative estimate of drug-likeness (QED) is 0.678. The van der Waals surface area contributed by atoms with Gasteiger partial charge < -0.3 is 11.1 Å². The number of carbonyl (C=O) groups is 2. The molecule has 138 valence electrons. The Morgan fingerprint density at radius 3 is 2.67 bits per heavy atom. The van der Waals surface area contributed by atoms with Crippen molar-refractivity contribution in [3.63, 3.8) is 0 Å². The summed E-state index contributed by atoms with van der Waals surface area (Å²) in [6.07, 6.45) is 6.41. The van der Waals surface area contributed by atoms with Crippen LogP contribution in [0.2, 0.25) is 0 Å². The molecule has 0 atom stereocenters. The molecule has 0 bridgehead atoms. The van der Waals surface area contributed by atoms with Crippen LogP contribution < -0.4 is 11.1 Å². The minimum absolute atomic E-state index is 0.179. The maximum Gasteiger partial charge on any atom is 0.278 e. The topological polar surface area (TPSA) is 103 Å². The second-order valence-electron chi connectivity index (χ2n) is 6.44. The number of rotatable bonds is 4. The zero-order chi connectivity index (χ0) is 18.8. The minimum atomic E-state index is -0.502. The summed E-state index contributed by atoms with van der Waals surface area (Å²) in [6.45, 7) is 0. The van der Waals surface area contributed by atoms with Crippen molar-refractivity contribution in [1.29, 1.82) is 0 Å². The van der Waals surface area contributed by atoms with Crippen molar-refractivity contribution in [3.8, 4) is 5.69 Å². The lowest BCUT2D eigenvalue weighted by atomic mass is 10.1. The number of amides is 2. The number of anilines is 1. The van der Waals surface area contributed by atoms with E-state index in [1.165, 1.54) is 22.3 Å². The van der Waals surface area contributed by atoms with E-state index in [0.29, 0.717) is 10.6 Å². The molecule has 1 aromatic carbocycles. The number of nitrogens with one attached hydrogen (secondary N) is 1. The van der Waals surface area contributed by atoms with Crippen LogP contribution in [0.4, 0.5) is 5.00 Å². The first kappa shape index (κ1) is 17.4. The highest BCUT2D eigenvalue weighted by atomic mass is 32.1. The number of fused-ring (bicyclic) bond motifs is 1. The van der Waals surface area contributed by atoms with E-state index in [4.69, 9.17) is 5.73 Å². The number of hydrogen-bond acceptors (Lipinski definition) is 5. The van der Waals surface area contributed by atoms with Gasteiger partial charge in [0.1, 0.15) is 5.00 Å². The van der Waals surface area contributed by atoms with Crippen LogP contribution in [0.5, 0.6) is 0 Å². The first-order valence-corrected chi connectivity index (χ1v) is 9.68. The van der Waals surface area contributed by atoms with E-state index >= 15 is 0 Å². The molecule has 4 rings (SSSR count). The number of aryl methyl sites for hydroxylation is 1. The van der Waals surface area contributed by atoms with Gasteiger partial charge in [0.2, 0.25) is 0 Å². The summed E-state index contributed by atoms with van der Waals surface area (Å²) in [4.78, 5) is 27.2. The Morgan fingerprint density at radius 1 is 1.11 bits per heavy atom. The summed E-state index contributed by atoms with van der Waals surface area (Å²) < 4.78 is 0. The number of benzene rings is 1. The van der Waals surface area contributed by atoms with E-state index in [9.17, 15) is 9.59 Å². The Labute approximate surface area is 160 Å². The van der Waals surface area contributed by atoms with Crippen molar-refractivity contribution >= 4 is 28.2 Å². The number of hydrogen-bond donors (Lipinski definition) is 2. The van der Waals surface area contributed by atoms with Gasteiger partial charge in [-0.15, -0.1) is 16.4 Å². The molecule has 0 unspecified atom stereocenters. The highest BCUT2D eigenvalue weighted by Crippen LogP contribution is 2.37. The molecule has 3 N–H and O–H groups in total. The van der Waals surface area contributed by atoms with Crippen LogP contribution in [0.1, 0.15) is 50.5 Å². The number of nitrogens with zero attached hydrogens (tertiary/aromatic N) is 3. The second-order valence-corrected chi connectivity index (χ2v) is 7.55. The van der Waals surface area contributed by atoms with Gasteiger partial charge in [0.05, 0.1) is 17.4 Å². The molecular formula is C19H19N5O2S. The van der Waals surface area contributed by atoms with Crippen LogP contribution in [0, 0.1) is 0 Å². The maximum atomic E-state index is 12.6. The van der Waals surface area contributed by atoms with Gasteiger partial charge >= 0.3 is 0 Å². The molecule has 2 amide bonds. The minimum Gasteiger partial charge on any atom is -0.365 e. The number of aromatic nitrogens is 3. The molecule has 2 aromatic heterocycles. The summed E-state index contributed by atoms with van der Waals surface area (Å²) in [5.74, 6) is -0.909. The van der Waals surface area contributed by atoms with E-state index in [1.807, 2.05) is 30.3 Å². The Hall–Kier alpha value is -3.00. The summed E-state index contributed by atoms with van der Waals surface area (Å²) in [6, 6.07) is 9.34. The lowest BCUT2D eigenvalue weighted by Gasteiger charge is -2.04. The number of thiophene rings is 1. The molecule has 7 nitrogen and oxygen atoms in total. The van der Waals surface area contributed by atoms with Gasteiger partial charge in [-0.3, -0.25) is 9.59 Å². The molecule has 3 aromatic rings. The molecule has 1 aliphatic carbocycles. The van der Waals surface area contributed by atoms with Crippen molar-refractivity contribution in [3.05, 3.63) is 58.2 Å². The molecule has 8 heteroatoms. The van der Waals surface area contributed by atoms with Crippen molar-refractivity contribution < 1.29 is 9.59 Å². The molecule has 27 heavy (non-hydrogen) atoms. The molecule has 0 spiro atoms. The average Bonchev–Trinajstić information content (AvgIpc) is 3.22. The Morgan fingerprint density at radius 2 is 1.89 bits per heavy atom. The van der Waals surface area contributed by atoms with Crippen LogP contribution in [0.15, 0.2) is 36.5 Å². The standard InChI is InChI=1S/C19H19N5O2S/c20-17(25)16-13-9-5-2-6-10-15(13)27-19(16)22-18(26)14-11-21-24(23-14)12-7-3-1-4-8-12/h1,3-4,7-8,11H,2,5-6,9-10H2,(H2,20,25)(H,22,26). The van der Waals surface area contributed by atoms with Crippen molar-refractivity contribution in [1.82, 2.24) is 15.0 Å². The van der Waals surface area contributed by atoms with Crippen LogP contribution in [0.3, 0.4) is 0 Å². The highest BCUT2D eigenvalue weighted by Gasteiger charge is 2.25. The predicted octanol–water partition coefficient (Wildman–Crippen LogP) is 2.95. The molecule has 0 saturated heterocycles. The molecule has 0 radical (unpaired) electrons. The second kappa shape index (κ2) is 7.32. The van der Waals surface area contributed by atoms with Crippen LogP contribution in [-0.4, -0.2) is 26.8 Å². The number of carbonyl (C=O) groups excluding carboxylic acids is 2. The van der Waals surface area contributed by atoms with E-state index in [0.717, 1.165) is 48.2 Å². The summed E-state index contributed by atoms with van der Waals surface area (Å²) in [5, 5.41) is 11.7. The van der Waals surface area contributed by atoms with Gasteiger partial charge in [0.15, 0.2) is 5.69 Å². The Kier molecular flexibility index (Phi) is 4.72. The van der Waals surface area contributed by atoms with Crippen molar-refractivity contribution in [2.45, 2.75) is 32.1 Å². The van der Waals surface area contributed by atoms with Crippen molar-refractivity contribution in [2.24, 2.45) is 5.73 Å². The number of nitrogens with two attached hydrogens (primary N) is 1. The third-order valence-corrected chi connectivity index (χ3v) is 5.81. The molecule has 0 saturated carbocycles. The van der Waals surface area contributed by atoms with Gasteiger partial charge in [0, 0.05) is 4.88 Å². The lowest BCUT2D eigenvalue weighted by molar-refractivity contribution is 0.100. The molecule has 1 aliphatic rings. The number of primary amides is 1. The van der Waals surface area contributed by atoms with Gasteiger partial charge in [-0.2, -0.15) is 9.90 Å². The number of para-hydroxylation sites is 1. The summed E-state index contributed by atoms with van der Waals surface area (Å²) >= 11 is 1.44. The first-order valence-electron chi connectivity index (χ1n) is 8.87. The third kappa shape index (κ3) is 3.48. The fourth-order valence-electron chi connectivity index (χ4n) is 3.31. The smallest absolute Gasteiger partial charge is 0.278 e. The normalized spacial score (nSPS) is 13.6. The molecule has 2 heterocycles. The Balaban J connectivity index is 1.60. The highest BCUT2D eigenvalue weighted by molar-refractivity contribution is 7.17. The summed E-state index contributed by atoms with van der Waals surface area (Å²) in [7, 11) is 0. The monoisotopic (exact) mass is 381 g/mol. The first-order chi connectivity index (χ1) is 13.1.